The number of benzene rings is 1. The average Bonchev–Trinajstić information content (AvgIpc) is 2.21. The maximum atomic E-state index is 12.9. The van der Waals surface area contributed by atoms with Crippen LogP contribution < -0.4 is 5.32 Å². The topological polar surface area (TPSA) is 12.0 Å². The van der Waals surface area contributed by atoms with Crippen LogP contribution in [0.25, 0.3) is 0 Å². The second kappa shape index (κ2) is 6.23. The number of hydrogen-bond acceptors (Lipinski definition) is 1. The molecule has 0 amide bonds. The van der Waals surface area contributed by atoms with Gasteiger partial charge in [-0.25, -0.2) is 4.39 Å². The largest absolute Gasteiger partial charge is 0.317 e. The van der Waals surface area contributed by atoms with E-state index in [4.69, 9.17) is 0 Å². The highest BCUT2D eigenvalue weighted by molar-refractivity contribution is 9.10. The van der Waals surface area contributed by atoms with E-state index in [1.807, 2.05) is 13.1 Å². The van der Waals surface area contributed by atoms with Gasteiger partial charge in [-0.1, -0.05) is 35.3 Å². The molecule has 15 heavy (non-hydrogen) atoms. The second-order valence-corrected chi connectivity index (χ2v) is 4.57. The van der Waals surface area contributed by atoms with Crippen molar-refractivity contribution in [1.82, 2.24) is 5.32 Å². The standard InChI is InChI=1S/C12H17BrFN/c1-3-4-11(15-2)7-9-5-6-10(14)8-12(9)13/h5-6,8,11,15H,3-4,7H2,1-2H3. The third-order valence-electron chi connectivity index (χ3n) is 2.53. The summed E-state index contributed by atoms with van der Waals surface area (Å²) in [6.07, 6.45) is 3.23. The lowest BCUT2D eigenvalue weighted by atomic mass is 10.0. The van der Waals surface area contributed by atoms with Gasteiger partial charge < -0.3 is 5.32 Å². The summed E-state index contributed by atoms with van der Waals surface area (Å²) in [6.45, 7) is 2.17. The van der Waals surface area contributed by atoms with E-state index in [0.717, 1.165) is 29.3 Å². The zero-order valence-corrected chi connectivity index (χ0v) is 10.8. The Labute approximate surface area is 99.2 Å². The van der Waals surface area contributed by atoms with Gasteiger partial charge in [0.15, 0.2) is 0 Å². The molecule has 0 saturated carbocycles. The van der Waals surface area contributed by atoms with E-state index in [1.165, 1.54) is 12.1 Å². The molecule has 0 heterocycles. The molecule has 1 aromatic carbocycles. The highest BCUT2D eigenvalue weighted by Crippen LogP contribution is 2.20. The first kappa shape index (κ1) is 12.7. The molecule has 0 fully saturated rings. The van der Waals surface area contributed by atoms with Crippen LogP contribution in [-0.4, -0.2) is 13.1 Å². The molecule has 1 atom stereocenters. The zero-order chi connectivity index (χ0) is 11.3. The molecule has 1 unspecified atom stereocenters. The number of likely N-dealkylation sites (N-methyl/N-ethyl adjacent to an activating group) is 1. The monoisotopic (exact) mass is 273 g/mol. The quantitative estimate of drug-likeness (QED) is 0.866. The molecular formula is C12H17BrFN. The van der Waals surface area contributed by atoms with Gasteiger partial charge in [0.2, 0.25) is 0 Å². The molecule has 0 aliphatic carbocycles. The number of hydrogen-bond donors (Lipinski definition) is 1. The molecular weight excluding hydrogens is 257 g/mol. The number of halogens is 2. The Morgan fingerprint density at radius 3 is 2.73 bits per heavy atom. The van der Waals surface area contributed by atoms with Crippen molar-refractivity contribution >= 4 is 15.9 Å². The SMILES string of the molecule is CCCC(Cc1ccc(F)cc1Br)NC. The Morgan fingerprint density at radius 2 is 2.20 bits per heavy atom. The third kappa shape index (κ3) is 3.92. The highest BCUT2D eigenvalue weighted by atomic mass is 79.9. The Balaban J connectivity index is 2.70. The molecule has 3 heteroatoms. The average molecular weight is 274 g/mol. The number of nitrogens with one attached hydrogen (secondary N) is 1. The van der Waals surface area contributed by atoms with Crippen molar-refractivity contribution in [1.29, 1.82) is 0 Å². The molecule has 0 aliphatic rings. The van der Waals surface area contributed by atoms with Crippen LogP contribution in [0.4, 0.5) is 4.39 Å². The minimum absolute atomic E-state index is 0.192. The maximum absolute atomic E-state index is 12.9. The number of rotatable bonds is 5. The third-order valence-corrected chi connectivity index (χ3v) is 3.27. The summed E-state index contributed by atoms with van der Waals surface area (Å²) < 4.78 is 13.7. The van der Waals surface area contributed by atoms with Crippen LogP contribution in [-0.2, 0) is 6.42 Å². The lowest BCUT2D eigenvalue weighted by molar-refractivity contribution is 0.512. The van der Waals surface area contributed by atoms with Crippen LogP contribution >= 0.6 is 15.9 Å². The van der Waals surface area contributed by atoms with Crippen molar-refractivity contribution in [2.24, 2.45) is 0 Å². The minimum atomic E-state index is -0.192. The van der Waals surface area contributed by atoms with Crippen LogP contribution in [0.3, 0.4) is 0 Å². The van der Waals surface area contributed by atoms with E-state index < -0.39 is 0 Å². The van der Waals surface area contributed by atoms with Gasteiger partial charge >= 0.3 is 0 Å². The van der Waals surface area contributed by atoms with E-state index in [0.29, 0.717) is 6.04 Å². The van der Waals surface area contributed by atoms with Crippen molar-refractivity contribution in [3.8, 4) is 0 Å². The van der Waals surface area contributed by atoms with Crippen LogP contribution in [0.2, 0.25) is 0 Å². The molecule has 0 aliphatic heterocycles. The van der Waals surface area contributed by atoms with Crippen LogP contribution in [0.1, 0.15) is 25.3 Å². The Morgan fingerprint density at radius 1 is 1.47 bits per heavy atom. The Kier molecular flexibility index (Phi) is 5.26. The van der Waals surface area contributed by atoms with Gasteiger partial charge in [-0.2, -0.15) is 0 Å². The van der Waals surface area contributed by atoms with E-state index in [-0.39, 0.29) is 5.82 Å². The van der Waals surface area contributed by atoms with Gasteiger partial charge in [0.05, 0.1) is 0 Å². The molecule has 0 spiro atoms. The first-order valence-corrected chi connectivity index (χ1v) is 6.07. The summed E-state index contributed by atoms with van der Waals surface area (Å²) in [5.74, 6) is -0.192. The van der Waals surface area contributed by atoms with Crippen molar-refractivity contribution in [3.63, 3.8) is 0 Å². The van der Waals surface area contributed by atoms with Crippen molar-refractivity contribution in [2.45, 2.75) is 32.2 Å². The van der Waals surface area contributed by atoms with Crippen LogP contribution in [0.5, 0.6) is 0 Å². The predicted octanol–water partition coefficient (Wildman–Crippen LogP) is 3.52. The van der Waals surface area contributed by atoms with E-state index in [1.54, 1.807) is 0 Å². The summed E-state index contributed by atoms with van der Waals surface area (Å²) in [5.41, 5.74) is 1.16. The smallest absolute Gasteiger partial charge is 0.124 e. The summed E-state index contributed by atoms with van der Waals surface area (Å²) >= 11 is 3.39. The van der Waals surface area contributed by atoms with Gasteiger partial charge in [0, 0.05) is 10.5 Å². The van der Waals surface area contributed by atoms with Crippen LogP contribution in [0, 0.1) is 5.82 Å². The minimum Gasteiger partial charge on any atom is -0.317 e. The van der Waals surface area contributed by atoms with Gasteiger partial charge in [-0.05, 0) is 37.6 Å². The van der Waals surface area contributed by atoms with E-state index >= 15 is 0 Å². The molecule has 1 rings (SSSR count). The molecule has 84 valence electrons. The maximum Gasteiger partial charge on any atom is 0.124 e. The van der Waals surface area contributed by atoms with Crippen molar-refractivity contribution in [2.75, 3.05) is 7.05 Å². The van der Waals surface area contributed by atoms with Gasteiger partial charge in [0.1, 0.15) is 5.82 Å². The summed E-state index contributed by atoms with van der Waals surface area (Å²) in [4.78, 5) is 0. The summed E-state index contributed by atoms with van der Waals surface area (Å²) in [6, 6.07) is 5.35. The van der Waals surface area contributed by atoms with Gasteiger partial charge in [-0.15, -0.1) is 0 Å². The lowest BCUT2D eigenvalue weighted by Gasteiger charge is -2.16. The van der Waals surface area contributed by atoms with Crippen LogP contribution in [0.15, 0.2) is 22.7 Å². The van der Waals surface area contributed by atoms with E-state index in [9.17, 15) is 4.39 Å². The van der Waals surface area contributed by atoms with Gasteiger partial charge in [-0.3, -0.25) is 0 Å². The fraction of sp³-hybridized carbons (Fsp3) is 0.500. The zero-order valence-electron chi connectivity index (χ0n) is 9.19. The summed E-state index contributed by atoms with van der Waals surface area (Å²) in [7, 11) is 1.97. The first-order valence-electron chi connectivity index (χ1n) is 5.28. The lowest BCUT2D eigenvalue weighted by Crippen LogP contribution is -2.27. The summed E-state index contributed by atoms with van der Waals surface area (Å²) in [5, 5.41) is 3.28. The highest BCUT2D eigenvalue weighted by Gasteiger charge is 2.08. The molecule has 1 N–H and O–H groups in total. The van der Waals surface area contributed by atoms with E-state index in [2.05, 4.69) is 28.2 Å². The predicted molar refractivity (Wildman–Crippen MR) is 65.6 cm³/mol. The Bertz CT molecular complexity index is 314. The molecule has 0 bridgehead atoms. The normalized spacial score (nSPS) is 12.8. The Hall–Kier alpha value is -0.410. The van der Waals surface area contributed by atoms with Gasteiger partial charge in [0.25, 0.3) is 0 Å². The molecule has 0 aromatic heterocycles. The molecule has 0 radical (unpaired) electrons. The van der Waals surface area contributed by atoms with Crippen molar-refractivity contribution in [3.05, 3.63) is 34.1 Å². The second-order valence-electron chi connectivity index (χ2n) is 3.71. The molecule has 1 nitrogen and oxygen atoms in total. The van der Waals surface area contributed by atoms with Crippen molar-refractivity contribution < 1.29 is 4.39 Å². The fourth-order valence-electron chi connectivity index (χ4n) is 1.65. The molecule has 1 aromatic rings. The molecule has 0 saturated heterocycles. The fourth-order valence-corrected chi connectivity index (χ4v) is 2.16. The first-order chi connectivity index (χ1) is 7.17.